The van der Waals surface area contributed by atoms with Crippen LogP contribution in [0.25, 0.3) is 0 Å². The van der Waals surface area contributed by atoms with Gasteiger partial charge in [-0.2, -0.15) is 0 Å². The monoisotopic (exact) mass is 394 g/mol. The van der Waals surface area contributed by atoms with E-state index >= 15 is 0 Å². The van der Waals surface area contributed by atoms with Gasteiger partial charge in [0, 0.05) is 22.3 Å². The number of rotatable bonds is 2. The van der Waals surface area contributed by atoms with Gasteiger partial charge in [0.1, 0.15) is 0 Å². The molecule has 3 aromatic carbocycles. The molecule has 0 N–H and O–H groups in total. The van der Waals surface area contributed by atoms with E-state index in [1.165, 1.54) is 26.4 Å². The quantitative estimate of drug-likeness (QED) is 0.486. The average Bonchev–Trinajstić information content (AvgIpc) is 2.81. The number of carbonyl (C=O) groups is 2. The van der Waals surface area contributed by atoms with Crippen LogP contribution >= 0.6 is 0 Å². The van der Waals surface area contributed by atoms with Gasteiger partial charge in [-0.1, -0.05) is 60.1 Å². The molecule has 0 heterocycles. The van der Waals surface area contributed by atoms with Crippen molar-refractivity contribution in [1.82, 2.24) is 0 Å². The molecular formula is C26H18O4. The summed E-state index contributed by atoms with van der Waals surface area (Å²) in [7, 11) is 2.58. The van der Waals surface area contributed by atoms with Crippen LogP contribution in [-0.2, 0) is 9.47 Å². The van der Waals surface area contributed by atoms with E-state index in [-0.39, 0.29) is 11.1 Å². The van der Waals surface area contributed by atoms with Crippen molar-refractivity contribution in [3.63, 3.8) is 0 Å². The van der Waals surface area contributed by atoms with Gasteiger partial charge in [-0.15, -0.1) is 0 Å². The van der Waals surface area contributed by atoms with Crippen LogP contribution in [0.5, 0.6) is 0 Å². The molecule has 0 radical (unpaired) electrons. The lowest BCUT2D eigenvalue weighted by Crippen LogP contribution is -2.10. The fraction of sp³-hybridized carbons (Fsp3) is 0.0769. The van der Waals surface area contributed by atoms with Crippen molar-refractivity contribution in [2.45, 2.75) is 0 Å². The molecule has 4 heteroatoms. The maximum atomic E-state index is 12.4. The van der Waals surface area contributed by atoms with Crippen LogP contribution < -0.4 is 0 Å². The number of methoxy groups -OCH3 is 2. The van der Waals surface area contributed by atoms with Gasteiger partial charge in [0.25, 0.3) is 0 Å². The third kappa shape index (κ3) is 4.95. The van der Waals surface area contributed by atoms with Gasteiger partial charge in [0.2, 0.25) is 0 Å². The first-order chi connectivity index (χ1) is 14.6. The second-order valence-corrected chi connectivity index (χ2v) is 6.16. The van der Waals surface area contributed by atoms with Crippen molar-refractivity contribution >= 4 is 11.9 Å². The van der Waals surface area contributed by atoms with Gasteiger partial charge >= 0.3 is 11.9 Å². The van der Waals surface area contributed by atoms with Crippen LogP contribution in [0, 0.1) is 23.7 Å². The summed E-state index contributed by atoms with van der Waals surface area (Å²) in [6, 6.07) is 21.7. The highest BCUT2D eigenvalue weighted by molar-refractivity contribution is 5.98. The maximum absolute atomic E-state index is 12.4. The predicted octanol–water partition coefficient (Wildman–Crippen LogP) is 4.06. The summed E-state index contributed by atoms with van der Waals surface area (Å²) in [6.07, 6.45) is 0. The van der Waals surface area contributed by atoms with Crippen molar-refractivity contribution in [3.05, 3.63) is 106 Å². The van der Waals surface area contributed by atoms with Crippen molar-refractivity contribution in [1.29, 1.82) is 0 Å². The van der Waals surface area contributed by atoms with Gasteiger partial charge in [-0.25, -0.2) is 9.59 Å². The van der Waals surface area contributed by atoms with E-state index in [2.05, 4.69) is 23.7 Å². The zero-order chi connectivity index (χ0) is 21.3. The fourth-order valence-electron chi connectivity index (χ4n) is 2.69. The standard InChI is InChI=1S/C26H18O4/c1-29-25(27)23-17-22(16-14-20-11-7-4-8-12-20)24(26(28)30-2)18-21(23)15-13-19-9-5-3-6-10-19/h3-12,17-18H,1-2H3. The number of esters is 2. The van der Waals surface area contributed by atoms with E-state index in [1.54, 1.807) is 0 Å². The lowest BCUT2D eigenvalue weighted by Gasteiger charge is -2.08. The topological polar surface area (TPSA) is 52.6 Å². The third-order valence-electron chi connectivity index (χ3n) is 4.20. The Morgan fingerprint density at radius 1 is 0.600 bits per heavy atom. The van der Waals surface area contributed by atoms with Crippen LogP contribution in [0.15, 0.2) is 72.8 Å². The minimum absolute atomic E-state index is 0.228. The summed E-state index contributed by atoms with van der Waals surface area (Å²) in [6.45, 7) is 0. The summed E-state index contributed by atoms with van der Waals surface area (Å²) in [4.78, 5) is 24.7. The highest BCUT2D eigenvalue weighted by Crippen LogP contribution is 2.19. The zero-order valence-electron chi connectivity index (χ0n) is 16.6. The summed E-state index contributed by atoms with van der Waals surface area (Å²) in [5.74, 6) is 10.8. The molecule has 0 aliphatic rings. The molecule has 4 nitrogen and oxygen atoms in total. The van der Waals surface area contributed by atoms with E-state index in [4.69, 9.17) is 9.47 Å². The highest BCUT2D eigenvalue weighted by Gasteiger charge is 2.19. The minimum atomic E-state index is -0.563. The Morgan fingerprint density at radius 3 is 1.30 bits per heavy atom. The summed E-state index contributed by atoms with van der Waals surface area (Å²) in [5.41, 5.74) is 2.73. The third-order valence-corrected chi connectivity index (χ3v) is 4.20. The normalized spacial score (nSPS) is 9.40. The molecule has 3 aromatic rings. The maximum Gasteiger partial charge on any atom is 0.339 e. The van der Waals surface area contributed by atoms with Gasteiger partial charge in [0.05, 0.1) is 25.3 Å². The molecule has 0 bridgehead atoms. The van der Waals surface area contributed by atoms with E-state index in [1.807, 2.05) is 60.7 Å². The molecule has 0 aliphatic carbocycles. The first-order valence-electron chi connectivity index (χ1n) is 9.11. The number of hydrogen-bond donors (Lipinski definition) is 0. The van der Waals surface area contributed by atoms with E-state index in [0.717, 1.165) is 11.1 Å². The largest absolute Gasteiger partial charge is 0.465 e. The molecule has 0 unspecified atom stereocenters. The van der Waals surface area contributed by atoms with E-state index in [9.17, 15) is 9.59 Å². The average molecular weight is 394 g/mol. The van der Waals surface area contributed by atoms with Crippen molar-refractivity contribution in [2.75, 3.05) is 14.2 Å². The van der Waals surface area contributed by atoms with Crippen LogP contribution in [0.1, 0.15) is 43.0 Å². The molecule has 3 rings (SSSR count). The Kier molecular flexibility index (Phi) is 6.66. The second-order valence-electron chi connectivity index (χ2n) is 6.16. The Labute approximate surface area is 175 Å². The van der Waals surface area contributed by atoms with Crippen LogP contribution in [0.4, 0.5) is 0 Å². The lowest BCUT2D eigenvalue weighted by molar-refractivity contribution is 0.0586. The lowest BCUT2D eigenvalue weighted by atomic mass is 9.98. The Bertz CT molecular complexity index is 1090. The molecule has 0 spiro atoms. The first-order valence-corrected chi connectivity index (χ1v) is 9.11. The fourth-order valence-corrected chi connectivity index (χ4v) is 2.69. The van der Waals surface area contributed by atoms with Crippen LogP contribution in [-0.4, -0.2) is 26.2 Å². The van der Waals surface area contributed by atoms with Gasteiger partial charge < -0.3 is 9.47 Å². The molecule has 0 amide bonds. The minimum Gasteiger partial charge on any atom is -0.465 e. The Morgan fingerprint density at radius 2 is 0.967 bits per heavy atom. The van der Waals surface area contributed by atoms with Gasteiger partial charge in [-0.3, -0.25) is 0 Å². The van der Waals surface area contributed by atoms with Gasteiger partial charge in [0.15, 0.2) is 0 Å². The van der Waals surface area contributed by atoms with Gasteiger partial charge in [-0.05, 0) is 36.4 Å². The molecule has 146 valence electrons. The molecule has 30 heavy (non-hydrogen) atoms. The number of benzene rings is 3. The summed E-state index contributed by atoms with van der Waals surface area (Å²) in [5, 5.41) is 0. The van der Waals surface area contributed by atoms with Crippen molar-refractivity contribution in [2.24, 2.45) is 0 Å². The van der Waals surface area contributed by atoms with E-state index in [0.29, 0.717) is 11.1 Å². The number of ether oxygens (including phenoxy) is 2. The molecular weight excluding hydrogens is 376 g/mol. The highest BCUT2D eigenvalue weighted by atomic mass is 16.5. The Hall–Kier alpha value is -4.28. The number of carbonyl (C=O) groups excluding carboxylic acids is 2. The van der Waals surface area contributed by atoms with Crippen LogP contribution in [0.2, 0.25) is 0 Å². The van der Waals surface area contributed by atoms with E-state index < -0.39 is 11.9 Å². The molecule has 0 aliphatic heterocycles. The molecule has 0 saturated carbocycles. The number of hydrogen-bond acceptors (Lipinski definition) is 4. The SMILES string of the molecule is COC(=O)c1cc(C#Cc2ccccc2)c(C(=O)OC)cc1C#Cc1ccccc1. The summed E-state index contributed by atoms with van der Waals surface area (Å²) >= 11 is 0. The van der Waals surface area contributed by atoms with Crippen molar-refractivity contribution < 1.29 is 19.1 Å². The predicted molar refractivity (Wildman–Crippen MR) is 114 cm³/mol. The molecule has 0 saturated heterocycles. The summed E-state index contributed by atoms with van der Waals surface area (Å²) < 4.78 is 9.80. The molecule has 0 atom stereocenters. The Balaban J connectivity index is 2.16. The molecule has 0 aromatic heterocycles. The van der Waals surface area contributed by atoms with Crippen molar-refractivity contribution in [3.8, 4) is 23.7 Å². The van der Waals surface area contributed by atoms with Crippen LogP contribution in [0.3, 0.4) is 0 Å². The smallest absolute Gasteiger partial charge is 0.339 e. The zero-order valence-corrected chi connectivity index (χ0v) is 16.6. The molecule has 0 fully saturated rings. The second kappa shape index (κ2) is 9.78. The first kappa shape index (κ1) is 20.5.